The standard InChI is InChI=1S/C11H9IS/c12-11(10-7-4-8-13-10)9-5-2-1-3-6-9/h1-8,11H. The third-order valence-corrected chi connectivity index (χ3v) is 4.64. The number of halogens is 1. The van der Waals surface area contributed by atoms with E-state index in [1.54, 1.807) is 0 Å². The predicted octanol–water partition coefficient (Wildman–Crippen LogP) is 4.27. The summed E-state index contributed by atoms with van der Waals surface area (Å²) in [7, 11) is 0. The van der Waals surface area contributed by atoms with Gasteiger partial charge in [-0.3, -0.25) is 0 Å². The molecule has 0 spiro atoms. The van der Waals surface area contributed by atoms with E-state index in [0.29, 0.717) is 3.92 Å². The largest absolute Gasteiger partial charge is 0.147 e. The molecule has 13 heavy (non-hydrogen) atoms. The van der Waals surface area contributed by atoms with E-state index in [0.717, 1.165) is 0 Å². The molecule has 2 aromatic rings. The van der Waals surface area contributed by atoms with Gasteiger partial charge in [0.1, 0.15) is 0 Å². The summed E-state index contributed by atoms with van der Waals surface area (Å²) in [6, 6.07) is 14.9. The van der Waals surface area contributed by atoms with E-state index in [4.69, 9.17) is 0 Å². The van der Waals surface area contributed by atoms with Crippen LogP contribution in [0.15, 0.2) is 47.8 Å². The second kappa shape index (κ2) is 4.24. The molecule has 2 heteroatoms. The average Bonchev–Trinajstić information content (AvgIpc) is 2.71. The molecule has 0 radical (unpaired) electrons. The van der Waals surface area contributed by atoms with Gasteiger partial charge in [-0.1, -0.05) is 59.0 Å². The van der Waals surface area contributed by atoms with Crippen LogP contribution in [-0.4, -0.2) is 0 Å². The number of hydrogen-bond acceptors (Lipinski definition) is 1. The van der Waals surface area contributed by atoms with E-state index in [1.165, 1.54) is 10.4 Å². The Hall–Kier alpha value is -0.350. The second-order valence-electron chi connectivity index (χ2n) is 2.79. The van der Waals surface area contributed by atoms with Crippen LogP contribution < -0.4 is 0 Å². The summed E-state index contributed by atoms with van der Waals surface area (Å²) in [4.78, 5) is 1.42. The number of rotatable bonds is 2. The minimum absolute atomic E-state index is 0.499. The number of benzene rings is 1. The first kappa shape index (κ1) is 9.21. The van der Waals surface area contributed by atoms with Crippen LogP contribution in [0.2, 0.25) is 0 Å². The molecule has 0 N–H and O–H groups in total. The molecule has 0 aliphatic carbocycles. The normalized spacial score (nSPS) is 12.7. The number of thiophene rings is 1. The van der Waals surface area contributed by atoms with Gasteiger partial charge in [-0.15, -0.1) is 11.3 Å². The fourth-order valence-electron chi connectivity index (χ4n) is 1.22. The Bertz CT molecular complexity index is 353. The second-order valence-corrected chi connectivity index (χ2v) is 5.01. The van der Waals surface area contributed by atoms with Crippen LogP contribution in [-0.2, 0) is 0 Å². The van der Waals surface area contributed by atoms with Crippen LogP contribution in [0.3, 0.4) is 0 Å². The van der Waals surface area contributed by atoms with Gasteiger partial charge in [0.2, 0.25) is 0 Å². The van der Waals surface area contributed by atoms with Gasteiger partial charge in [0.15, 0.2) is 0 Å². The summed E-state index contributed by atoms with van der Waals surface area (Å²) in [6.07, 6.45) is 0. The zero-order valence-corrected chi connectivity index (χ0v) is 9.96. The highest BCUT2D eigenvalue weighted by atomic mass is 127. The summed E-state index contributed by atoms with van der Waals surface area (Å²) in [5, 5.41) is 2.13. The third-order valence-electron chi connectivity index (χ3n) is 1.89. The zero-order chi connectivity index (χ0) is 9.10. The minimum Gasteiger partial charge on any atom is -0.147 e. The van der Waals surface area contributed by atoms with Crippen molar-refractivity contribution in [3.05, 3.63) is 58.3 Å². The summed E-state index contributed by atoms with van der Waals surface area (Å²) < 4.78 is 0.499. The molecule has 0 nitrogen and oxygen atoms in total. The smallest absolute Gasteiger partial charge is 0.0702 e. The molecule has 0 saturated heterocycles. The maximum absolute atomic E-state index is 2.48. The van der Waals surface area contributed by atoms with Crippen molar-refractivity contribution in [2.45, 2.75) is 3.92 Å². The van der Waals surface area contributed by atoms with Crippen LogP contribution in [0.4, 0.5) is 0 Å². The van der Waals surface area contributed by atoms with Crippen molar-refractivity contribution in [1.82, 2.24) is 0 Å². The molecule has 0 bridgehead atoms. The lowest BCUT2D eigenvalue weighted by molar-refractivity contribution is 1.25. The molecule has 0 amide bonds. The average molecular weight is 300 g/mol. The van der Waals surface area contributed by atoms with Gasteiger partial charge in [-0.25, -0.2) is 0 Å². The molecule has 1 heterocycles. The first-order valence-electron chi connectivity index (χ1n) is 4.10. The van der Waals surface area contributed by atoms with Crippen molar-refractivity contribution in [3.8, 4) is 0 Å². The van der Waals surface area contributed by atoms with Crippen molar-refractivity contribution >= 4 is 33.9 Å². The highest BCUT2D eigenvalue weighted by Crippen LogP contribution is 2.33. The van der Waals surface area contributed by atoms with Crippen molar-refractivity contribution < 1.29 is 0 Å². The van der Waals surface area contributed by atoms with Crippen LogP contribution in [0, 0.1) is 0 Å². The SMILES string of the molecule is IC(c1ccccc1)c1cccs1. The van der Waals surface area contributed by atoms with Crippen LogP contribution >= 0.6 is 33.9 Å². The van der Waals surface area contributed by atoms with Crippen LogP contribution in [0.1, 0.15) is 14.4 Å². The summed E-state index contributed by atoms with van der Waals surface area (Å²) in [5.74, 6) is 0. The van der Waals surface area contributed by atoms with E-state index < -0.39 is 0 Å². The molecule has 1 unspecified atom stereocenters. The Morgan fingerprint density at radius 1 is 1.00 bits per heavy atom. The van der Waals surface area contributed by atoms with E-state index in [9.17, 15) is 0 Å². The zero-order valence-electron chi connectivity index (χ0n) is 6.98. The monoisotopic (exact) mass is 300 g/mol. The van der Waals surface area contributed by atoms with E-state index in [-0.39, 0.29) is 0 Å². The lowest BCUT2D eigenvalue weighted by Crippen LogP contribution is -1.87. The highest BCUT2D eigenvalue weighted by molar-refractivity contribution is 14.1. The minimum atomic E-state index is 0.499. The molecular weight excluding hydrogens is 291 g/mol. The third kappa shape index (κ3) is 2.11. The number of hydrogen-bond donors (Lipinski definition) is 0. The summed E-state index contributed by atoms with van der Waals surface area (Å²) >= 11 is 4.30. The van der Waals surface area contributed by atoms with Gasteiger partial charge in [0, 0.05) is 4.88 Å². The fraction of sp³-hybridized carbons (Fsp3) is 0.0909. The van der Waals surface area contributed by atoms with Crippen molar-refractivity contribution in [1.29, 1.82) is 0 Å². The highest BCUT2D eigenvalue weighted by Gasteiger charge is 2.09. The van der Waals surface area contributed by atoms with Gasteiger partial charge in [0.05, 0.1) is 3.92 Å². The summed E-state index contributed by atoms with van der Waals surface area (Å²) in [6.45, 7) is 0. The van der Waals surface area contributed by atoms with Crippen molar-refractivity contribution in [2.75, 3.05) is 0 Å². The van der Waals surface area contributed by atoms with Gasteiger partial charge < -0.3 is 0 Å². The van der Waals surface area contributed by atoms with Gasteiger partial charge >= 0.3 is 0 Å². The Labute approximate surface area is 95.8 Å². The van der Waals surface area contributed by atoms with E-state index >= 15 is 0 Å². The molecule has 0 aliphatic rings. The Morgan fingerprint density at radius 2 is 1.77 bits per heavy atom. The van der Waals surface area contributed by atoms with Crippen LogP contribution in [0.25, 0.3) is 0 Å². The van der Waals surface area contributed by atoms with Crippen LogP contribution in [0.5, 0.6) is 0 Å². The van der Waals surface area contributed by atoms with Crippen molar-refractivity contribution in [3.63, 3.8) is 0 Å². The quantitative estimate of drug-likeness (QED) is 0.574. The van der Waals surface area contributed by atoms with Gasteiger partial charge in [0.25, 0.3) is 0 Å². The maximum Gasteiger partial charge on any atom is 0.0702 e. The number of alkyl halides is 1. The first-order valence-corrected chi connectivity index (χ1v) is 6.23. The molecule has 0 aliphatic heterocycles. The van der Waals surface area contributed by atoms with Gasteiger partial charge in [-0.05, 0) is 17.0 Å². The Kier molecular flexibility index (Phi) is 3.01. The van der Waals surface area contributed by atoms with Gasteiger partial charge in [-0.2, -0.15) is 0 Å². The molecule has 2 rings (SSSR count). The lowest BCUT2D eigenvalue weighted by atomic mass is 10.1. The molecule has 66 valence electrons. The van der Waals surface area contributed by atoms with E-state index in [1.807, 2.05) is 11.3 Å². The van der Waals surface area contributed by atoms with Crippen molar-refractivity contribution in [2.24, 2.45) is 0 Å². The fourth-order valence-corrected chi connectivity index (χ4v) is 3.01. The topological polar surface area (TPSA) is 0 Å². The Balaban J connectivity index is 2.29. The molecule has 0 saturated carbocycles. The molecule has 1 aromatic carbocycles. The molecule has 1 atom stereocenters. The first-order chi connectivity index (χ1) is 6.38. The molecular formula is C11H9IS. The lowest BCUT2D eigenvalue weighted by Gasteiger charge is -2.06. The maximum atomic E-state index is 2.48. The molecule has 0 fully saturated rings. The summed E-state index contributed by atoms with van der Waals surface area (Å²) in [5.41, 5.74) is 1.38. The predicted molar refractivity (Wildman–Crippen MR) is 66.6 cm³/mol. The molecule has 1 aromatic heterocycles. The Morgan fingerprint density at radius 3 is 2.38 bits per heavy atom. The van der Waals surface area contributed by atoms with E-state index in [2.05, 4.69) is 70.4 Å².